The summed E-state index contributed by atoms with van der Waals surface area (Å²) in [5.41, 5.74) is 0.791. The molecular formula is C26H32N2O5. The van der Waals surface area contributed by atoms with Crippen molar-refractivity contribution in [3.63, 3.8) is 0 Å². The minimum Gasteiger partial charge on any atom is -0.465 e. The second kappa shape index (κ2) is 9.25. The lowest BCUT2D eigenvalue weighted by Gasteiger charge is -2.53. The number of methoxy groups -OCH3 is 2. The van der Waals surface area contributed by atoms with Crippen LogP contribution in [-0.4, -0.2) is 48.0 Å². The zero-order valence-corrected chi connectivity index (χ0v) is 20.2. The van der Waals surface area contributed by atoms with Crippen LogP contribution in [0.15, 0.2) is 60.0 Å². The van der Waals surface area contributed by atoms with Gasteiger partial charge >= 0.3 is 11.9 Å². The van der Waals surface area contributed by atoms with E-state index in [2.05, 4.69) is 27.7 Å². The van der Waals surface area contributed by atoms with Gasteiger partial charge in [-0.2, -0.15) is 0 Å². The van der Waals surface area contributed by atoms with E-state index in [-0.39, 0.29) is 28.3 Å². The van der Waals surface area contributed by atoms with E-state index in [1.54, 1.807) is 47.5 Å². The maximum Gasteiger partial charge on any atom is 0.355 e. The molecule has 1 amide bonds. The Labute approximate surface area is 195 Å². The molecule has 1 aromatic rings. The average Bonchev–Trinajstić information content (AvgIpc) is 3.00. The van der Waals surface area contributed by atoms with Crippen molar-refractivity contribution in [1.82, 2.24) is 4.90 Å². The van der Waals surface area contributed by atoms with E-state index in [1.165, 1.54) is 20.3 Å². The van der Waals surface area contributed by atoms with Gasteiger partial charge in [0, 0.05) is 28.5 Å². The summed E-state index contributed by atoms with van der Waals surface area (Å²) in [6, 6.07) is 7.00. The molecule has 0 N–H and O–H groups in total. The highest BCUT2D eigenvalue weighted by Gasteiger charge is 2.44. The molecule has 1 saturated heterocycles. The van der Waals surface area contributed by atoms with Gasteiger partial charge in [-0.1, -0.05) is 6.08 Å². The number of anilines is 1. The number of hydrogen-bond acceptors (Lipinski definition) is 6. The monoisotopic (exact) mass is 452 g/mol. The Morgan fingerprint density at radius 2 is 1.42 bits per heavy atom. The van der Waals surface area contributed by atoms with Crippen molar-refractivity contribution in [1.29, 1.82) is 0 Å². The molecule has 2 aliphatic heterocycles. The van der Waals surface area contributed by atoms with Gasteiger partial charge in [-0.25, -0.2) is 9.59 Å². The topological polar surface area (TPSA) is 76.2 Å². The van der Waals surface area contributed by atoms with Crippen LogP contribution >= 0.6 is 0 Å². The summed E-state index contributed by atoms with van der Waals surface area (Å²) in [6.45, 7) is 8.43. The predicted molar refractivity (Wildman–Crippen MR) is 126 cm³/mol. The molecule has 0 radical (unpaired) electrons. The SMILES string of the molecule is COC(=O)C1=C(C(=O)OC)N(c2ccc(C(=O)N3C(C)(C)CCCC3(C)C)cc2)C=CC=C1. The number of carbonyl (C=O) groups is 3. The second-order valence-corrected chi connectivity index (χ2v) is 9.48. The molecule has 0 unspecified atom stereocenters. The minimum absolute atomic E-state index is 0.0247. The molecule has 0 atom stereocenters. The summed E-state index contributed by atoms with van der Waals surface area (Å²) in [4.78, 5) is 42.0. The highest BCUT2D eigenvalue weighted by molar-refractivity contribution is 6.05. The van der Waals surface area contributed by atoms with E-state index in [9.17, 15) is 14.4 Å². The van der Waals surface area contributed by atoms with Crippen LogP contribution in [0.5, 0.6) is 0 Å². The van der Waals surface area contributed by atoms with Crippen molar-refractivity contribution < 1.29 is 23.9 Å². The van der Waals surface area contributed by atoms with Gasteiger partial charge in [0.1, 0.15) is 5.70 Å². The molecule has 2 aliphatic rings. The zero-order valence-electron chi connectivity index (χ0n) is 20.2. The third-order valence-corrected chi connectivity index (χ3v) is 6.27. The summed E-state index contributed by atoms with van der Waals surface area (Å²) >= 11 is 0. The van der Waals surface area contributed by atoms with Gasteiger partial charge in [-0.15, -0.1) is 0 Å². The Hall–Kier alpha value is -3.35. The van der Waals surface area contributed by atoms with Crippen molar-refractivity contribution in [3.8, 4) is 0 Å². The summed E-state index contributed by atoms with van der Waals surface area (Å²) in [5.74, 6) is -1.35. The van der Waals surface area contributed by atoms with E-state index in [4.69, 9.17) is 9.47 Å². The third kappa shape index (κ3) is 4.72. The number of benzene rings is 1. The fourth-order valence-electron chi connectivity index (χ4n) is 4.81. The van der Waals surface area contributed by atoms with Crippen LogP contribution in [0.25, 0.3) is 0 Å². The number of carbonyl (C=O) groups excluding carboxylic acids is 3. The van der Waals surface area contributed by atoms with Gasteiger partial charge in [0.15, 0.2) is 0 Å². The molecule has 7 heteroatoms. The van der Waals surface area contributed by atoms with Crippen LogP contribution in [0.3, 0.4) is 0 Å². The molecule has 0 bridgehead atoms. The van der Waals surface area contributed by atoms with Gasteiger partial charge in [0.2, 0.25) is 0 Å². The Kier molecular flexibility index (Phi) is 6.81. The van der Waals surface area contributed by atoms with Gasteiger partial charge in [-0.3, -0.25) is 4.79 Å². The number of likely N-dealkylation sites (tertiary alicyclic amines) is 1. The first-order chi connectivity index (χ1) is 15.5. The van der Waals surface area contributed by atoms with Gasteiger partial charge < -0.3 is 19.3 Å². The van der Waals surface area contributed by atoms with Crippen molar-refractivity contribution in [3.05, 3.63) is 65.5 Å². The molecule has 0 aliphatic carbocycles. The van der Waals surface area contributed by atoms with Crippen LogP contribution < -0.4 is 4.90 Å². The summed E-state index contributed by atoms with van der Waals surface area (Å²) in [6.07, 6.45) is 9.51. The van der Waals surface area contributed by atoms with Crippen molar-refractivity contribution >= 4 is 23.5 Å². The van der Waals surface area contributed by atoms with Crippen molar-refractivity contribution in [2.45, 2.75) is 58.0 Å². The van der Waals surface area contributed by atoms with Crippen LogP contribution in [0, 0.1) is 0 Å². The molecule has 0 spiro atoms. The van der Waals surface area contributed by atoms with Crippen LogP contribution in [0.4, 0.5) is 5.69 Å². The lowest BCUT2D eigenvalue weighted by molar-refractivity contribution is -0.139. The quantitative estimate of drug-likeness (QED) is 0.632. The molecule has 3 rings (SSSR count). The maximum absolute atomic E-state index is 13.5. The van der Waals surface area contributed by atoms with E-state index in [0.717, 1.165) is 19.3 Å². The zero-order chi connectivity index (χ0) is 24.4. The summed E-state index contributed by atoms with van der Waals surface area (Å²) in [5, 5.41) is 0. The molecule has 0 aromatic heterocycles. The Balaban J connectivity index is 1.99. The van der Waals surface area contributed by atoms with E-state index < -0.39 is 11.9 Å². The summed E-state index contributed by atoms with van der Waals surface area (Å²) < 4.78 is 9.78. The first kappa shape index (κ1) is 24.3. The molecular weight excluding hydrogens is 420 g/mol. The normalized spacial score (nSPS) is 19.2. The summed E-state index contributed by atoms with van der Waals surface area (Å²) in [7, 11) is 2.51. The van der Waals surface area contributed by atoms with E-state index >= 15 is 0 Å². The largest absolute Gasteiger partial charge is 0.465 e. The van der Waals surface area contributed by atoms with Gasteiger partial charge in [0.05, 0.1) is 19.8 Å². The predicted octanol–water partition coefficient (Wildman–Crippen LogP) is 4.36. The second-order valence-electron chi connectivity index (χ2n) is 9.48. The van der Waals surface area contributed by atoms with Gasteiger partial charge in [-0.05, 0) is 83.4 Å². The molecule has 33 heavy (non-hydrogen) atoms. The van der Waals surface area contributed by atoms with Crippen molar-refractivity contribution in [2.75, 3.05) is 19.1 Å². The first-order valence-corrected chi connectivity index (χ1v) is 11.0. The highest BCUT2D eigenvalue weighted by Crippen LogP contribution is 2.39. The first-order valence-electron chi connectivity index (χ1n) is 11.0. The number of nitrogens with zero attached hydrogens (tertiary/aromatic N) is 2. The van der Waals surface area contributed by atoms with Crippen molar-refractivity contribution in [2.24, 2.45) is 0 Å². The van der Waals surface area contributed by atoms with E-state index in [1.807, 2.05) is 4.90 Å². The fourth-order valence-corrected chi connectivity index (χ4v) is 4.81. The molecule has 1 aromatic carbocycles. The Morgan fingerprint density at radius 1 is 0.848 bits per heavy atom. The molecule has 176 valence electrons. The molecule has 0 saturated carbocycles. The lowest BCUT2D eigenvalue weighted by Crippen LogP contribution is -2.60. The molecule has 1 fully saturated rings. The number of ether oxygens (including phenoxy) is 2. The van der Waals surface area contributed by atoms with Crippen LogP contribution in [-0.2, 0) is 19.1 Å². The smallest absolute Gasteiger partial charge is 0.355 e. The number of amides is 1. The third-order valence-electron chi connectivity index (χ3n) is 6.27. The number of piperidine rings is 1. The number of esters is 2. The number of hydrogen-bond donors (Lipinski definition) is 0. The average molecular weight is 453 g/mol. The standard InChI is InChI=1S/C26H32N2O5/c1-25(2)15-9-16-26(3,4)28(25)22(29)18-11-13-19(14-12-18)27-17-8-7-10-20(23(30)32-5)21(27)24(31)33-6/h7-8,10-14,17H,9,15-16H2,1-6H3. The maximum atomic E-state index is 13.5. The van der Waals surface area contributed by atoms with E-state index in [0.29, 0.717) is 11.3 Å². The number of allylic oxidation sites excluding steroid dienone is 2. The lowest BCUT2D eigenvalue weighted by atomic mass is 9.79. The Morgan fingerprint density at radius 3 is 1.97 bits per heavy atom. The minimum atomic E-state index is -0.677. The van der Waals surface area contributed by atoms with Gasteiger partial charge in [0.25, 0.3) is 5.91 Å². The van der Waals surface area contributed by atoms with Crippen LogP contribution in [0.2, 0.25) is 0 Å². The molecule has 7 nitrogen and oxygen atoms in total. The number of rotatable bonds is 4. The Bertz CT molecular complexity index is 1020. The molecule has 2 heterocycles. The van der Waals surface area contributed by atoms with Crippen LogP contribution in [0.1, 0.15) is 57.3 Å². The fraction of sp³-hybridized carbons (Fsp3) is 0.423. The highest BCUT2D eigenvalue weighted by atomic mass is 16.5.